The van der Waals surface area contributed by atoms with Crippen LogP contribution in [0.5, 0.6) is 0 Å². The number of halogens is 1. The molecule has 166 valence electrons. The van der Waals surface area contributed by atoms with Gasteiger partial charge >= 0.3 is 0 Å². The number of carbonyl (C=O) groups excluding carboxylic acids is 1. The Kier molecular flexibility index (Phi) is 4.81. The fourth-order valence-electron chi connectivity index (χ4n) is 4.55. The van der Waals surface area contributed by atoms with Gasteiger partial charge in [-0.05, 0) is 32.9 Å². The number of amides is 1. The third kappa shape index (κ3) is 3.46. The van der Waals surface area contributed by atoms with Crippen LogP contribution in [-0.2, 0) is 7.05 Å². The number of benzene rings is 1. The number of aryl methyl sites for hydroxylation is 2. The molecule has 1 aliphatic heterocycles. The molecule has 1 fully saturated rings. The Bertz CT molecular complexity index is 1330. The summed E-state index contributed by atoms with van der Waals surface area (Å²) in [5, 5.41) is 14.8. The van der Waals surface area contributed by atoms with Gasteiger partial charge in [0.2, 0.25) is 0 Å². The summed E-state index contributed by atoms with van der Waals surface area (Å²) in [5.74, 6) is -0.877. The lowest BCUT2D eigenvalue weighted by Crippen LogP contribution is -2.54. The van der Waals surface area contributed by atoms with Crippen LogP contribution < -0.4 is 15.5 Å². The lowest BCUT2D eigenvalue weighted by molar-refractivity contribution is 0.102. The van der Waals surface area contributed by atoms with Crippen LogP contribution in [0.2, 0.25) is 0 Å². The van der Waals surface area contributed by atoms with Gasteiger partial charge in [-0.3, -0.25) is 4.79 Å². The number of nitrogens with zero attached hydrogens (tertiary/aromatic N) is 6. The van der Waals surface area contributed by atoms with Gasteiger partial charge in [-0.1, -0.05) is 5.21 Å². The molecule has 4 aromatic rings. The van der Waals surface area contributed by atoms with Gasteiger partial charge in [0.1, 0.15) is 11.0 Å². The quantitative estimate of drug-likeness (QED) is 0.513. The number of imidazole rings is 1. The van der Waals surface area contributed by atoms with Crippen LogP contribution in [0.4, 0.5) is 15.8 Å². The zero-order valence-electron chi connectivity index (χ0n) is 18.4. The van der Waals surface area contributed by atoms with Crippen LogP contribution in [0.1, 0.15) is 29.9 Å². The van der Waals surface area contributed by atoms with Crippen LogP contribution in [0.25, 0.3) is 16.7 Å². The van der Waals surface area contributed by atoms with Crippen LogP contribution in [0.15, 0.2) is 30.6 Å². The summed E-state index contributed by atoms with van der Waals surface area (Å²) < 4.78 is 17.7. The Labute approximate surface area is 184 Å². The summed E-state index contributed by atoms with van der Waals surface area (Å²) in [4.78, 5) is 19.6. The molecule has 1 aromatic carbocycles. The van der Waals surface area contributed by atoms with Gasteiger partial charge in [0.15, 0.2) is 11.5 Å². The maximum atomic E-state index is 14.4. The first-order valence-electron chi connectivity index (χ1n) is 10.6. The van der Waals surface area contributed by atoms with Crippen molar-refractivity contribution in [2.75, 3.05) is 23.3 Å². The smallest absolute Gasteiger partial charge is 0.258 e. The minimum atomic E-state index is -0.502. The third-order valence-electron chi connectivity index (χ3n) is 5.76. The number of aromatic nitrogens is 5. The monoisotopic (exact) mass is 436 g/mol. The molecule has 5 rings (SSSR count). The van der Waals surface area contributed by atoms with Crippen molar-refractivity contribution in [2.24, 2.45) is 7.05 Å². The molecule has 1 amide bonds. The summed E-state index contributed by atoms with van der Waals surface area (Å²) in [6, 6.07) is 5.65. The first-order valence-corrected chi connectivity index (χ1v) is 10.6. The first-order chi connectivity index (χ1) is 15.3. The van der Waals surface area contributed by atoms with Crippen LogP contribution in [-0.4, -0.2) is 55.5 Å². The number of pyridine rings is 1. The molecule has 2 atom stereocenters. The molecule has 0 aliphatic carbocycles. The lowest BCUT2D eigenvalue weighted by Gasteiger charge is -2.38. The summed E-state index contributed by atoms with van der Waals surface area (Å²) in [6.45, 7) is 7.79. The molecule has 32 heavy (non-hydrogen) atoms. The largest absolute Gasteiger partial charge is 0.367 e. The van der Waals surface area contributed by atoms with E-state index in [9.17, 15) is 9.18 Å². The zero-order valence-corrected chi connectivity index (χ0v) is 18.4. The average Bonchev–Trinajstić information content (AvgIpc) is 3.29. The molecule has 3 aromatic heterocycles. The Balaban J connectivity index is 1.50. The van der Waals surface area contributed by atoms with E-state index in [1.807, 2.05) is 13.1 Å². The number of nitrogens with one attached hydrogen (secondary N) is 2. The van der Waals surface area contributed by atoms with Crippen molar-refractivity contribution in [1.82, 2.24) is 29.7 Å². The maximum Gasteiger partial charge on any atom is 0.258 e. The second kappa shape index (κ2) is 7.56. The SMILES string of the molecule is Cc1cn2cc(NC(=O)c3ccc(N4CC(C)NC(C)C4)c4c3nnn4C)cc(F)c2n1. The number of fused-ring (bicyclic) bond motifs is 2. The molecule has 0 saturated carbocycles. The van der Waals surface area contributed by atoms with E-state index in [1.165, 1.54) is 6.07 Å². The second-order valence-electron chi connectivity index (χ2n) is 8.56. The maximum absolute atomic E-state index is 14.4. The van der Waals surface area contributed by atoms with Gasteiger partial charge in [-0.2, -0.15) is 0 Å². The summed E-state index contributed by atoms with van der Waals surface area (Å²) in [6.07, 6.45) is 3.35. The van der Waals surface area contributed by atoms with Crippen molar-refractivity contribution in [1.29, 1.82) is 0 Å². The van der Waals surface area contributed by atoms with E-state index >= 15 is 0 Å². The van der Waals surface area contributed by atoms with Gasteiger partial charge in [0.05, 0.1) is 22.6 Å². The van der Waals surface area contributed by atoms with Gasteiger partial charge in [-0.25, -0.2) is 14.1 Å². The molecule has 4 heterocycles. The average molecular weight is 436 g/mol. The Morgan fingerprint density at radius 3 is 2.72 bits per heavy atom. The highest BCUT2D eigenvalue weighted by Crippen LogP contribution is 2.30. The van der Waals surface area contributed by atoms with Crippen molar-refractivity contribution in [2.45, 2.75) is 32.9 Å². The first kappa shape index (κ1) is 20.4. The molecule has 2 unspecified atom stereocenters. The van der Waals surface area contributed by atoms with Gasteiger partial charge in [0, 0.05) is 50.7 Å². The van der Waals surface area contributed by atoms with Crippen molar-refractivity contribution >= 4 is 34.0 Å². The van der Waals surface area contributed by atoms with Crippen LogP contribution in [0.3, 0.4) is 0 Å². The predicted octanol–water partition coefficient (Wildman–Crippen LogP) is 2.50. The summed E-state index contributed by atoms with van der Waals surface area (Å²) in [5.41, 5.74) is 3.94. The highest BCUT2D eigenvalue weighted by molar-refractivity contribution is 6.13. The Hall–Kier alpha value is -3.53. The van der Waals surface area contributed by atoms with E-state index < -0.39 is 5.82 Å². The second-order valence-corrected chi connectivity index (χ2v) is 8.56. The van der Waals surface area contributed by atoms with E-state index in [0.717, 1.165) is 24.3 Å². The Morgan fingerprint density at radius 1 is 1.22 bits per heavy atom. The number of rotatable bonds is 3. The molecule has 0 radical (unpaired) electrons. The fraction of sp³-hybridized carbons (Fsp3) is 0.364. The number of hydrogen-bond acceptors (Lipinski definition) is 6. The summed E-state index contributed by atoms with van der Waals surface area (Å²) in [7, 11) is 1.82. The molecule has 2 N–H and O–H groups in total. The van der Waals surface area contributed by atoms with Crippen molar-refractivity contribution in [3.8, 4) is 0 Å². The number of anilines is 2. The van der Waals surface area contributed by atoms with E-state index in [-0.39, 0.29) is 11.6 Å². The van der Waals surface area contributed by atoms with E-state index in [1.54, 1.807) is 34.5 Å². The minimum Gasteiger partial charge on any atom is -0.367 e. The van der Waals surface area contributed by atoms with Crippen LogP contribution >= 0.6 is 0 Å². The fourth-order valence-corrected chi connectivity index (χ4v) is 4.55. The normalized spacial score (nSPS) is 19.1. The van der Waals surface area contributed by atoms with E-state index in [0.29, 0.717) is 34.5 Å². The number of hydrogen-bond donors (Lipinski definition) is 2. The molecule has 0 bridgehead atoms. The highest BCUT2D eigenvalue weighted by atomic mass is 19.1. The minimum absolute atomic E-state index is 0.223. The van der Waals surface area contributed by atoms with Crippen LogP contribution in [0, 0.1) is 12.7 Å². The van der Waals surface area contributed by atoms with Crippen molar-refractivity contribution in [3.05, 3.63) is 47.7 Å². The Morgan fingerprint density at radius 2 is 1.97 bits per heavy atom. The molecule has 1 aliphatic rings. The lowest BCUT2D eigenvalue weighted by atomic mass is 10.1. The van der Waals surface area contributed by atoms with Gasteiger partial charge in [0.25, 0.3) is 5.91 Å². The molecule has 9 nitrogen and oxygen atoms in total. The topological polar surface area (TPSA) is 92.4 Å². The molecule has 1 saturated heterocycles. The standard InChI is InChI=1S/C22H25FN8O/c1-12-8-30(9-13(2)24-12)18-6-5-16(19-20(18)29(4)28-27-19)22(32)26-15-7-17(23)21-25-14(3)10-31(21)11-15/h5-7,10-13,24H,8-9H2,1-4H3,(H,26,32). The molecule has 0 spiro atoms. The molecule has 10 heteroatoms. The number of piperazine rings is 1. The van der Waals surface area contributed by atoms with Gasteiger partial charge < -0.3 is 19.9 Å². The zero-order chi connectivity index (χ0) is 22.6. The number of carbonyl (C=O) groups is 1. The van der Waals surface area contributed by atoms with Gasteiger partial charge in [-0.15, -0.1) is 5.10 Å². The van der Waals surface area contributed by atoms with Crippen molar-refractivity contribution < 1.29 is 9.18 Å². The predicted molar refractivity (Wildman–Crippen MR) is 121 cm³/mol. The third-order valence-corrected chi connectivity index (χ3v) is 5.76. The summed E-state index contributed by atoms with van der Waals surface area (Å²) >= 11 is 0. The molecular formula is C22H25FN8O. The van der Waals surface area contributed by atoms with Crippen molar-refractivity contribution in [3.63, 3.8) is 0 Å². The van der Waals surface area contributed by atoms with E-state index in [4.69, 9.17) is 0 Å². The highest BCUT2D eigenvalue weighted by Gasteiger charge is 2.26. The van der Waals surface area contributed by atoms with E-state index in [2.05, 4.69) is 44.7 Å². The molecular weight excluding hydrogens is 411 g/mol.